The van der Waals surface area contributed by atoms with Gasteiger partial charge in [0.1, 0.15) is 0 Å². The van der Waals surface area contributed by atoms with Crippen LogP contribution in [0, 0.1) is 0 Å². The van der Waals surface area contributed by atoms with Gasteiger partial charge in [-0.1, -0.05) is 12.1 Å². The van der Waals surface area contributed by atoms with Crippen LogP contribution < -0.4 is 0 Å². The van der Waals surface area contributed by atoms with Crippen LogP contribution in [0.5, 0.6) is 0 Å². The molecular formula is C16H15N5. The third kappa shape index (κ3) is 2.16. The van der Waals surface area contributed by atoms with E-state index in [1.54, 1.807) is 6.33 Å². The van der Waals surface area contributed by atoms with Crippen molar-refractivity contribution in [3.8, 4) is 0 Å². The third-order valence-corrected chi connectivity index (χ3v) is 3.87. The zero-order valence-electron chi connectivity index (χ0n) is 11.4. The molecule has 5 nitrogen and oxygen atoms in total. The molecular weight excluding hydrogens is 262 g/mol. The van der Waals surface area contributed by atoms with E-state index in [0.29, 0.717) is 0 Å². The normalized spacial score (nSPS) is 19.1. The zero-order chi connectivity index (χ0) is 14.1. The first-order chi connectivity index (χ1) is 10.4. The van der Waals surface area contributed by atoms with E-state index in [9.17, 15) is 0 Å². The molecule has 0 aliphatic carbocycles. The fraction of sp³-hybridized carbons (Fsp3) is 0.188. The molecule has 1 aliphatic rings. The SMILES string of the molecule is C1=CCC(C(c2ccc3nc[nH]c3c2)n2ccnc2)N=C1. The number of fused-ring (bicyclic) bond motifs is 1. The molecule has 5 heteroatoms. The van der Waals surface area contributed by atoms with Crippen molar-refractivity contribution in [2.24, 2.45) is 4.99 Å². The highest BCUT2D eigenvalue weighted by Crippen LogP contribution is 2.29. The molecule has 1 N–H and O–H groups in total. The van der Waals surface area contributed by atoms with Gasteiger partial charge in [0.15, 0.2) is 0 Å². The van der Waals surface area contributed by atoms with Crippen LogP contribution in [0.4, 0.5) is 0 Å². The van der Waals surface area contributed by atoms with Gasteiger partial charge in [-0.2, -0.15) is 0 Å². The van der Waals surface area contributed by atoms with Crippen molar-refractivity contribution in [2.45, 2.75) is 18.5 Å². The van der Waals surface area contributed by atoms with Crippen molar-refractivity contribution in [2.75, 3.05) is 0 Å². The summed E-state index contributed by atoms with van der Waals surface area (Å²) in [5.41, 5.74) is 3.24. The minimum atomic E-state index is 0.140. The predicted molar refractivity (Wildman–Crippen MR) is 82.5 cm³/mol. The van der Waals surface area contributed by atoms with Gasteiger partial charge in [0.25, 0.3) is 0 Å². The summed E-state index contributed by atoms with van der Waals surface area (Å²) < 4.78 is 2.12. The van der Waals surface area contributed by atoms with Gasteiger partial charge in [-0.25, -0.2) is 9.97 Å². The topological polar surface area (TPSA) is 58.9 Å². The molecule has 2 aromatic heterocycles. The number of rotatable bonds is 3. The predicted octanol–water partition coefficient (Wildman–Crippen LogP) is 2.75. The molecule has 0 radical (unpaired) electrons. The summed E-state index contributed by atoms with van der Waals surface area (Å²) in [7, 11) is 0. The minimum Gasteiger partial charge on any atom is -0.345 e. The number of allylic oxidation sites excluding steroid dienone is 1. The lowest BCUT2D eigenvalue weighted by Crippen LogP contribution is -2.24. The second kappa shape index (κ2) is 5.01. The Morgan fingerprint density at radius 1 is 1.33 bits per heavy atom. The summed E-state index contributed by atoms with van der Waals surface area (Å²) in [6, 6.07) is 6.65. The molecule has 1 aromatic carbocycles. The van der Waals surface area contributed by atoms with E-state index in [4.69, 9.17) is 0 Å². The quantitative estimate of drug-likeness (QED) is 0.800. The standard InChI is InChI=1S/C16H15N5/c1-2-6-18-14(3-1)16(21-8-7-17-11-21)12-4-5-13-15(9-12)20-10-19-13/h1-2,4-11,14,16H,3H2,(H,19,20). The van der Waals surface area contributed by atoms with E-state index in [2.05, 4.69) is 42.7 Å². The van der Waals surface area contributed by atoms with Crippen LogP contribution in [0.15, 0.2) is 60.4 Å². The second-order valence-corrected chi connectivity index (χ2v) is 5.16. The van der Waals surface area contributed by atoms with Crippen LogP contribution in [0.1, 0.15) is 18.0 Å². The van der Waals surface area contributed by atoms with Crippen LogP contribution in [-0.2, 0) is 0 Å². The summed E-state index contributed by atoms with van der Waals surface area (Å²) in [5.74, 6) is 0. The number of aromatic nitrogens is 4. The second-order valence-electron chi connectivity index (χ2n) is 5.16. The Kier molecular flexibility index (Phi) is 2.88. The van der Waals surface area contributed by atoms with E-state index in [1.165, 1.54) is 5.56 Å². The molecule has 2 atom stereocenters. The van der Waals surface area contributed by atoms with Crippen molar-refractivity contribution >= 4 is 17.2 Å². The summed E-state index contributed by atoms with van der Waals surface area (Å²) in [4.78, 5) is 16.3. The molecule has 104 valence electrons. The molecule has 3 heterocycles. The van der Waals surface area contributed by atoms with E-state index >= 15 is 0 Å². The summed E-state index contributed by atoms with van der Waals surface area (Å²) >= 11 is 0. The Labute approximate surface area is 122 Å². The molecule has 0 amide bonds. The molecule has 0 bridgehead atoms. The van der Waals surface area contributed by atoms with E-state index in [1.807, 2.05) is 37.1 Å². The first kappa shape index (κ1) is 12.1. The van der Waals surface area contributed by atoms with Gasteiger partial charge in [-0.05, 0) is 30.2 Å². The third-order valence-electron chi connectivity index (χ3n) is 3.87. The van der Waals surface area contributed by atoms with Crippen LogP contribution in [0.2, 0.25) is 0 Å². The van der Waals surface area contributed by atoms with Gasteiger partial charge >= 0.3 is 0 Å². The minimum absolute atomic E-state index is 0.140. The fourth-order valence-electron chi connectivity index (χ4n) is 2.87. The highest BCUT2D eigenvalue weighted by Gasteiger charge is 2.24. The average Bonchev–Trinajstić information content (AvgIpc) is 3.19. The number of hydrogen-bond acceptors (Lipinski definition) is 3. The molecule has 21 heavy (non-hydrogen) atoms. The summed E-state index contributed by atoms with van der Waals surface area (Å²) in [6.45, 7) is 0. The highest BCUT2D eigenvalue weighted by atomic mass is 15.1. The van der Waals surface area contributed by atoms with Gasteiger partial charge in [-0.3, -0.25) is 4.99 Å². The molecule has 3 aromatic rings. The molecule has 0 fully saturated rings. The number of nitrogens with zero attached hydrogens (tertiary/aromatic N) is 4. The molecule has 1 aliphatic heterocycles. The number of aromatic amines is 1. The van der Waals surface area contributed by atoms with E-state index in [-0.39, 0.29) is 12.1 Å². The van der Waals surface area contributed by atoms with Gasteiger partial charge in [-0.15, -0.1) is 0 Å². The monoisotopic (exact) mass is 277 g/mol. The number of imidazole rings is 2. The molecule has 0 saturated heterocycles. The zero-order valence-corrected chi connectivity index (χ0v) is 11.4. The van der Waals surface area contributed by atoms with Gasteiger partial charge in [0.05, 0.1) is 35.8 Å². The number of nitrogens with one attached hydrogen (secondary N) is 1. The number of H-pyrrole nitrogens is 1. The van der Waals surface area contributed by atoms with Crippen LogP contribution in [-0.4, -0.2) is 31.8 Å². The maximum atomic E-state index is 4.64. The maximum absolute atomic E-state index is 4.64. The van der Waals surface area contributed by atoms with Crippen molar-refractivity contribution in [3.63, 3.8) is 0 Å². The van der Waals surface area contributed by atoms with Crippen molar-refractivity contribution in [1.82, 2.24) is 19.5 Å². The Balaban J connectivity index is 1.81. The smallest absolute Gasteiger partial charge is 0.0952 e. The van der Waals surface area contributed by atoms with E-state index in [0.717, 1.165) is 17.5 Å². The van der Waals surface area contributed by atoms with Crippen molar-refractivity contribution in [1.29, 1.82) is 0 Å². The lowest BCUT2D eigenvalue weighted by atomic mass is 9.95. The van der Waals surface area contributed by atoms with Crippen LogP contribution in [0.25, 0.3) is 11.0 Å². The number of dihydropyridines is 1. The highest BCUT2D eigenvalue weighted by molar-refractivity contribution is 5.75. The maximum Gasteiger partial charge on any atom is 0.0952 e. The lowest BCUT2D eigenvalue weighted by molar-refractivity contribution is 0.473. The first-order valence-electron chi connectivity index (χ1n) is 7.00. The average molecular weight is 277 g/mol. The molecule has 2 unspecified atom stereocenters. The van der Waals surface area contributed by atoms with Crippen molar-refractivity contribution < 1.29 is 0 Å². The van der Waals surface area contributed by atoms with Gasteiger partial charge in [0, 0.05) is 18.6 Å². The van der Waals surface area contributed by atoms with Gasteiger partial charge in [0.2, 0.25) is 0 Å². The van der Waals surface area contributed by atoms with Crippen LogP contribution >= 0.6 is 0 Å². The summed E-state index contributed by atoms with van der Waals surface area (Å²) in [5, 5.41) is 0. The molecule has 0 spiro atoms. The lowest BCUT2D eigenvalue weighted by Gasteiger charge is -2.26. The molecule has 4 rings (SSSR count). The Bertz CT molecular complexity index is 797. The largest absolute Gasteiger partial charge is 0.345 e. The number of benzene rings is 1. The first-order valence-corrected chi connectivity index (χ1v) is 7.00. The fourth-order valence-corrected chi connectivity index (χ4v) is 2.87. The number of hydrogen-bond donors (Lipinski definition) is 1. The van der Waals surface area contributed by atoms with Gasteiger partial charge < -0.3 is 9.55 Å². The Morgan fingerprint density at radius 2 is 2.33 bits per heavy atom. The van der Waals surface area contributed by atoms with E-state index < -0.39 is 0 Å². The summed E-state index contributed by atoms with van der Waals surface area (Å²) in [6.07, 6.45) is 14.4. The Hall–Kier alpha value is -2.69. The molecule has 0 saturated carbocycles. The Morgan fingerprint density at radius 3 is 3.14 bits per heavy atom. The van der Waals surface area contributed by atoms with Crippen LogP contribution in [0.3, 0.4) is 0 Å². The number of aliphatic imine (C=N–C) groups is 1. The van der Waals surface area contributed by atoms with Crippen molar-refractivity contribution in [3.05, 3.63) is 61.0 Å².